The molecule has 0 spiro atoms. The number of rotatable bonds is 10. The summed E-state index contributed by atoms with van der Waals surface area (Å²) in [5.74, 6) is -1.56. The van der Waals surface area contributed by atoms with Gasteiger partial charge in [-0.25, -0.2) is 4.79 Å². The molecule has 2 aromatic carbocycles. The number of fused-ring (bicyclic) bond motifs is 3. The third-order valence-corrected chi connectivity index (χ3v) is 5.75. The first-order valence-corrected chi connectivity index (χ1v) is 11.0. The Morgan fingerprint density at radius 3 is 2.16 bits per heavy atom. The van der Waals surface area contributed by atoms with Crippen molar-refractivity contribution >= 4 is 18.0 Å². The fourth-order valence-electron chi connectivity index (χ4n) is 4.07. The van der Waals surface area contributed by atoms with Crippen LogP contribution in [0.1, 0.15) is 56.6 Å². The highest BCUT2D eigenvalue weighted by molar-refractivity contribution is 5.84. The highest BCUT2D eigenvalue weighted by Crippen LogP contribution is 2.44. The third-order valence-electron chi connectivity index (χ3n) is 5.75. The van der Waals surface area contributed by atoms with Crippen LogP contribution in [0, 0.1) is 0 Å². The molecule has 3 rings (SSSR count). The molecule has 2 aromatic rings. The number of carbonyl (C=O) groups is 3. The fourth-order valence-corrected chi connectivity index (χ4v) is 4.07. The summed E-state index contributed by atoms with van der Waals surface area (Å²) < 4.78 is 5.58. The van der Waals surface area contributed by atoms with Gasteiger partial charge in [-0.15, -0.1) is 0 Å². The maximum atomic E-state index is 12.6. The van der Waals surface area contributed by atoms with Crippen molar-refractivity contribution in [3.8, 4) is 11.1 Å². The van der Waals surface area contributed by atoms with Crippen LogP contribution in [-0.2, 0) is 14.3 Å². The van der Waals surface area contributed by atoms with E-state index in [0.29, 0.717) is 6.42 Å². The molecule has 2 amide bonds. The number of aliphatic carboxylic acids is 1. The Labute approximate surface area is 188 Å². The van der Waals surface area contributed by atoms with Crippen LogP contribution in [0.3, 0.4) is 0 Å². The summed E-state index contributed by atoms with van der Waals surface area (Å²) in [4.78, 5) is 35.7. The van der Waals surface area contributed by atoms with Crippen LogP contribution in [-0.4, -0.2) is 41.8 Å². The van der Waals surface area contributed by atoms with E-state index in [-0.39, 0.29) is 18.9 Å². The number of carboxylic acids is 1. The molecule has 1 aliphatic carbocycles. The average Bonchev–Trinajstić information content (AvgIpc) is 3.09. The molecule has 1 aliphatic rings. The molecule has 0 radical (unpaired) electrons. The number of alkyl carbamates (subject to hydrolysis) is 1. The zero-order valence-corrected chi connectivity index (χ0v) is 18.5. The summed E-state index contributed by atoms with van der Waals surface area (Å²) in [5, 5.41) is 14.2. The van der Waals surface area contributed by atoms with Crippen molar-refractivity contribution in [2.24, 2.45) is 0 Å². The van der Waals surface area contributed by atoms with E-state index >= 15 is 0 Å². The van der Waals surface area contributed by atoms with E-state index in [1.165, 1.54) is 6.92 Å². The molecule has 0 saturated carbocycles. The smallest absolute Gasteiger partial charge is 0.407 e. The number of benzene rings is 2. The van der Waals surface area contributed by atoms with Gasteiger partial charge in [0.15, 0.2) is 0 Å². The topological polar surface area (TPSA) is 105 Å². The van der Waals surface area contributed by atoms with Gasteiger partial charge in [0.1, 0.15) is 12.6 Å². The Morgan fingerprint density at radius 2 is 1.59 bits per heavy atom. The van der Waals surface area contributed by atoms with Gasteiger partial charge in [0.25, 0.3) is 0 Å². The number of hydrogen-bond acceptors (Lipinski definition) is 4. The molecule has 3 N–H and O–H groups in total. The number of hydrogen-bond donors (Lipinski definition) is 3. The summed E-state index contributed by atoms with van der Waals surface area (Å²) >= 11 is 0. The summed E-state index contributed by atoms with van der Waals surface area (Å²) in [7, 11) is 0. The van der Waals surface area contributed by atoms with Crippen molar-refractivity contribution in [2.75, 3.05) is 6.61 Å². The van der Waals surface area contributed by atoms with Gasteiger partial charge in [0, 0.05) is 18.4 Å². The van der Waals surface area contributed by atoms with E-state index in [4.69, 9.17) is 9.84 Å². The molecule has 0 saturated heterocycles. The minimum atomic E-state index is -1.10. The van der Waals surface area contributed by atoms with E-state index in [1.807, 2.05) is 31.2 Å². The monoisotopic (exact) mass is 438 g/mol. The summed E-state index contributed by atoms with van der Waals surface area (Å²) in [6, 6.07) is 14.8. The second-order valence-corrected chi connectivity index (χ2v) is 8.14. The molecule has 7 heteroatoms. The van der Waals surface area contributed by atoms with Gasteiger partial charge in [0.2, 0.25) is 5.91 Å². The maximum absolute atomic E-state index is 12.6. The van der Waals surface area contributed by atoms with Crippen LogP contribution in [0.4, 0.5) is 4.79 Å². The number of unbranched alkanes of at least 4 members (excludes halogenated alkanes) is 1. The van der Waals surface area contributed by atoms with Gasteiger partial charge in [-0.3, -0.25) is 9.59 Å². The van der Waals surface area contributed by atoms with Crippen LogP contribution in [0.15, 0.2) is 48.5 Å². The zero-order chi connectivity index (χ0) is 23.1. The lowest BCUT2D eigenvalue weighted by Gasteiger charge is -2.20. The van der Waals surface area contributed by atoms with Gasteiger partial charge < -0.3 is 20.5 Å². The molecule has 0 unspecified atom stereocenters. The second kappa shape index (κ2) is 10.8. The quantitative estimate of drug-likeness (QED) is 0.519. The predicted octanol–water partition coefficient (Wildman–Crippen LogP) is 4.06. The van der Waals surface area contributed by atoms with Gasteiger partial charge >= 0.3 is 12.1 Å². The van der Waals surface area contributed by atoms with Crippen LogP contribution in [0.2, 0.25) is 0 Å². The minimum Gasteiger partial charge on any atom is -0.480 e. The SMILES string of the molecule is CCCC[C@H](CC(=O)N[C@@H](C)C(=O)O)NC(=O)OCC1c2ccccc2-c2ccccc21. The molecule has 0 bridgehead atoms. The molecule has 0 fully saturated rings. The lowest BCUT2D eigenvalue weighted by Crippen LogP contribution is -2.43. The van der Waals surface area contributed by atoms with Crippen LogP contribution >= 0.6 is 0 Å². The molecule has 32 heavy (non-hydrogen) atoms. The Morgan fingerprint density at radius 1 is 1.00 bits per heavy atom. The number of ether oxygens (including phenoxy) is 1. The van der Waals surface area contributed by atoms with Crippen LogP contribution in [0.5, 0.6) is 0 Å². The first kappa shape index (κ1) is 23.3. The van der Waals surface area contributed by atoms with E-state index in [0.717, 1.165) is 35.1 Å². The van der Waals surface area contributed by atoms with E-state index in [2.05, 4.69) is 34.9 Å². The molecule has 170 valence electrons. The largest absolute Gasteiger partial charge is 0.480 e. The molecular formula is C25H30N2O5. The summed E-state index contributed by atoms with van der Waals surface area (Å²) in [6.45, 7) is 3.62. The standard InChI is InChI=1S/C25H30N2O5/c1-3-4-9-17(14-23(28)26-16(2)24(29)30)27-25(31)32-15-22-20-12-7-5-10-18(20)19-11-6-8-13-21(19)22/h5-8,10-13,16-17,22H,3-4,9,14-15H2,1-2H3,(H,26,28)(H,27,31)(H,29,30)/t16-,17+/m0/s1. The van der Waals surface area contributed by atoms with Crippen molar-refractivity contribution in [1.29, 1.82) is 0 Å². The van der Waals surface area contributed by atoms with Crippen LogP contribution in [0.25, 0.3) is 11.1 Å². The first-order valence-electron chi connectivity index (χ1n) is 11.0. The lowest BCUT2D eigenvalue weighted by molar-refractivity contribution is -0.141. The average molecular weight is 439 g/mol. The predicted molar refractivity (Wildman–Crippen MR) is 121 cm³/mol. The molecule has 0 heterocycles. The second-order valence-electron chi connectivity index (χ2n) is 8.14. The molecule has 2 atom stereocenters. The van der Waals surface area contributed by atoms with Gasteiger partial charge in [-0.1, -0.05) is 68.3 Å². The van der Waals surface area contributed by atoms with Crippen molar-refractivity contribution in [1.82, 2.24) is 10.6 Å². The highest BCUT2D eigenvalue weighted by Gasteiger charge is 2.29. The van der Waals surface area contributed by atoms with E-state index < -0.39 is 30.1 Å². The first-order chi connectivity index (χ1) is 15.4. The third kappa shape index (κ3) is 5.66. The molecular weight excluding hydrogens is 408 g/mol. The number of carbonyl (C=O) groups excluding carboxylic acids is 2. The Bertz CT molecular complexity index is 929. The van der Waals surface area contributed by atoms with E-state index in [1.54, 1.807) is 0 Å². The zero-order valence-electron chi connectivity index (χ0n) is 18.5. The lowest BCUT2D eigenvalue weighted by atomic mass is 9.98. The van der Waals surface area contributed by atoms with Crippen molar-refractivity contribution < 1.29 is 24.2 Å². The van der Waals surface area contributed by atoms with Crippen molar-refractivity contribution in [3.63, 3.8) is 0 Å². The normalized spacial score (nSPS) is 14.1. The van der Waals surface area contributed by atoms with Crippen molar-refractivity contribution in [3.05, 3.63) is 59.7 Å². The van der Waals surface area contributed by atoms with Gasteiger partial charge in [0.05, 0.1) is 0 Å². The van der Waals surface area contributed by atoms with E-state index in [9.17, 15) is 14.4 Å². The number of carboxylic acid groups (broad SMARTS) is 1. The highest BCUT2D eigenvalue weighted by atomic mass is 16.5. The Hall–Kier alpha value is -3.35. The van der Waals surface area contributed by atoms with Crippen molar-refractivity contribution in [2.45, 2.75) is 57.5 Å². The molecule has 0 aromatic heterocycles. The molecule has 0 aliphatic heterocycles. The molecule has 7 nitrogen and oxygen atoms in total. The van der Waals surface area contributed by atoms with Gasteiger partial charge in [-0.2, -0.15) is 0 Å². The van der Waals surface area contributed by atoms with Gasteiger partial charge in [-0.05, 0) is 35.6 Å². The summed E-state index contributed by atoms with van der Waals surface area (Å²) in [5.41, 5.74) is 4.57. The van der Waals surface area contributed by atoms with Crippen LogP contribution < -0.4 is 10.6 Å². The fraction of sp³-hybridized carbons (Fsp3) is 0.400. The minimum absolute atomic E-state index is 0.00180. The number of amides is 2. The Balaban J connectivity index is 1.60. The maximum Gasteiger partial charge on any atom is 0.407 e. The number of nitrogens with one attached hydrogen (secondary N) is 2. The summed E-state index contributed by atoms with van der Waals surface area (Å²) in [6.07, 6.45) is 1.77. The Kier molecular flexibility index (Phi) is 7.87.